The largest absolute Gasteiger partial charge is 0.472 e. The predicted molar refractivity (Wildman–Crippen MR) is 80.0 cm³/mol. The first-order valence-electron chi connectivity index (χ1n) is 7.21. The highest BCUT2D eigenvalue weighted by molar-refractivity contribution is 5.76. The first-order valence-corrected chi connectivity index (χ1v) is 7.21. The molecule has 0 spiro atoms. The maximum atomic E-state index is 12.6. The molecule has 0 unspecified atom stereocenters. The van der Waals surface area contributed by atoms with Gasteiger partial charge >= 0.3 is 6.03 Å². The van der Waals surface area contributed by atoms with Gasteiger partial charge in [0.05, 0.1) is 12.5 Å². The standard InChI is InChI=1S/C16H21N3O2/c1-16(2,3)17-15(20)19-9-8-18-7-4-5-13(18)14(19)12-6-10-21-11-12/h4-7,10-11,14H,8-9H2,1-3H3,(H,17,20)/t14-/m1/s1. The molecule has 5 heteroatoms. The van der Waals surface area contributed by atoms with Crippen LogP contribution in [0.25, 0.3) is 0 Å². The van der Waals surface area contributed by atoms with Crippen molar-refractivity contribution in [3.8, 4) is 0 Å². The maximum Gasteiger partial charge on any atom is 0.318 e. The first-order chi connectivity index (χ1) is 9.96. The smallest absolute Gasteiger partial charge is 0.318 e. The number of rotatable bonds is 1. The van der Waals surface area contributed by atoms with Gasteiger partial charge in [0.15, 0.2) is 0 Å². The molecular weight excluding hydrogens is 266 g/mol. The summed E-state index contributed by atoms with van der Waals surface area (Å²) in [5, 5.41) is 3.05. The number of nitrogens with zero attached hydrogens (tertiary/aromatic N) is 2. The molecule has 0 aromatic carbocycles. The summed E-state index contributed by atoms with van der Waals surface area (Å²) in [7, 11) is 0. The van der Waals surface area contributed by atoms with E-state index < -0.39 is 0 Å². The Morgan fingerprint density at radius 2 is 2.14 bits per heavy atom. The number of hydrogen-bond acceptors (Lipinski definition) is 2. The molecule has 112 valence electrons. The van der Waals surface area contributed by atoms with E-state index in [4.69, 9.17) is 4.42 Å². The summed E-state index contributed by atoms with van der Waals surface area (Å²) in [6, 6.07) is 5.86. The van der Waals surface area contributed by atoms with Crippen molar-refractivity contribution in [1.29, 1.82) is 0 Å². The number of amides is 2. The maximum absolute atomic E-state index is 12.6. The molecule has 0 fully saturated rings. The molecule has 0 bridgehead atoms. The Labute approximate surface area is 124 Å². The molecule has 1 aliphatic heterocycles. The second kappa shape index (κ2) is 4.98. The lowest BCUT2D eigenvalue weighted by molar-refractivity contribution is 0.160. The second-order valence-electron chi connectivity index (χ2n) is 6.46. The minimum Gasteiger partial charge on any atom is -0.472 e. The molecule has 1 atom stereocenters. The fourth-order valence-corrected chi connectivity index (χ4v) is 2.78. The van der Waals surface area contributed by atoms with E-state index in [9.17, 15) is 4.79 Å². The van der Waals surface area contributed by atoms with E-state index in [0.29, 0.717) is 6.54 Å². The van der Waals surface area contributed by atoms with Crippen LogP contribution in [0.4, 0.5) is 4.79 Å². The highest BCUT2D eigenvalue weighted by Crippen LogP contribution is 2.32. The molecule has 1 aliphatic rings. The summed E-state index contributed by atoms with van der Waals surface area (Å²) in [5.41, 5.74) is 1.86. The molecule has 3 rings (SSSR count). The highest BCUT2D eigenvalue weighted by Gasteiger charge is 2.33. The average molecular weight is 287 g/mol. The second-order valence-corrected chi connectivity index (χ2v) is 6.46. The Balaban J connectivity index is 1.95. The molecular formula is C16H21N3O2. The molecule has 0 saturated heterocycles. The lowest BCUT2D eigenvalue weighted by atomic mass is 10.0. The molecule has 0 saturated carbocycles. The number of aromatic nitrogens is 1. The van der Waals surface area contributed by atoms with E-state index in [1.165, 1.54) is 0 Å². The third-order valence-electron chi connectivity index (χ3n) is 3.64. The Bertz CT molecular complexity index is 622. The van der Waals surface area contributed by atoms with Crippen molar-refractivity contribution in [2.75, 3.05) is 6.54 Å². The molecule has 0 radical (unpaired) electrons. The number of carbonyl (C=O) groups is 1. The molecule has 5 nitrogen and oxygen atoms in total. The van der Waals surface area contributed by atoms with Crippen molar-refractivity contribution in [3.63, 3.8) is 0 Å². The summed E-state index contributed by atoms with van der Waals surface area (Å²) in [6.45, 7) is 7.47. The predicted octanol–water partition coefficient (Wildman–Crippen LogP) is 2.99. The van der Waals surface area contributed by atoms with Crippen LogP contribution in [0.1, 0.15) is 38.1 Å². The van der Waals surface area contributed by atoms with Crippen LogP contribution in [0.2, 0.25) is 0 Å². The van der Waals surface area contributed by atoms with Crippen LogP contribution >= 0.6 is 0 Å². The van der Waals surface area contributed by atoms with Crippen molar-refractivity contribution < 1.29 is 9.21 Å². The quantitative estimate of drug-likeness (QED) is 0.876. The summed E-state index contributed by atoms with van der Waals surface area (Å²) < 4.78 is 7.41. The lowest BCUT2D eigenvalue weighted by Gasteiger charge is -2.38. The number of carbonyl (C=O) groups excluding carboxylic acids is 1. The molecule has 2 amide bonds. The van der Waals surface area contributed by atoms with Gasteiger partial charge in [0, 0.05) is 36.1 Å². The van der Waals surface area contributed by atoms with Crippen LogP contribution < -0.4 is 5.32 Å². The van der Waals surface area contributed by atoms with E-state index in [-0.39, 0.29) is 17.6 Å². The Morgan fingerprint density at radius 3 is 2.81 bits per heavy atom. The minimum atomic E-state index is -0.253. The lowest BCUT2D eigenvalue weighted by Crippen LogP contribution is -2.52. The SMILES string of the molecule is CC(C)(C)NC(=O)N1CCn2cccc2[C@H]1c1ccoc1. The topological polar surface area (TPSA) is 50.4 Å². The van der Waals surface area contributed by atoms with E-state index in [0.717, 1.165) is 17.8 Å². The van der Waals surface area contributed by atoms with Gasteiger partial charge in [-0.1, -0.05) is 0 Å². The van der Waals surface area contributed by atoms with E-state index >= 15 is 0 Å². The van der Waals surface area contributed by atoms with Crippen LogP contribution in [-0.2, 0) is 6.54 Å². The van der Waals surface area contributed by atoms with Gasteiger partial charge in [0.1, 0.15) is 6.04 Å². The molecule has 1 N–H and O–H groups in total. The van der Waals surface area contributed by atoms with Gasteiger partial charge < -0.3 is 19.2 Å². The number of furan rings is 1. The number of urea groups is 1. The molecule has 3 heterocycles. The third-order valence-corrected chi connectivity index (χ3v) is 3.64. The Hall–Kier alpha value is -2.17. The van der Waals surface area contributed by atoms with Crippen molar-refractivity contribution in [1.82, 2.24) is 14.8 Å². The summed E-state index contributed by atoms with van der Waals surface area (Å²) in [4.78, 5) is 14.5. The fraction of sp³-hybridized carbons (Fsp3) is 0.438. The van der Waals surface area contributed by atoms with E-state index in [2.05, 4.69) is 22.1 Å². The molecule has 2 aromatic heterocycles. The van der Waals surface area contributed by atoms with Crippen LogP contribution in [0, 0.1) is 0 Å². The highest BCUT2D eigenvalue weighted by atomic mass is 16.3. The van der Waals surface area contributed by atoms with Crippen molar-refractivity contribution in [2.24, 2.45) is 0 Å². The fourth-order valence-electron chi connectivity index (χ4n) is 2.78. The van der Waals surface area contributed by atoms with Crippen molar-refractivity contribution in [3.05, 3.63) is 48.2 Å². The van der Waals surface area contributed by atoms with E-state index in [1.807, 2.05) is 37.8 Å². The van der Waals surface area contributed by atoms with Crippen molar-refractivity contribution >= 4 is 6.03 Å². The monoisotopic (exact) mass is 287 g/mol. The zero-order valence-electron chi connectivity index (χ0n) is 12.7. The van der Waals surface area contributed by atoms with Gasteiger partial charge in [0.25, 0.3) is 0 Å². The minimum absolute atomic E-state index is 0.0406. The number of nitrogens with one attached hydrogen (secondary N) is 1. The summed E-state index contributed by atoms with van der Waals surface area (Å²) in [5.74, 6) is 0. The third kappa shape index (κ3) is 2.68. The van der Waals surface area contributed by atoms with Crippen LogP contribution in [0.3, 0.4) is 0 Å². The zero-order valence-corrected chi connectivity index (χ0v) is 12.7. The summed E-state index contributed by atoms with van der Waals surface area (Å²) in [6.07, 6.45) is 5.42. The van der Waals surface area contributed by atoms with Crippen LogP contribution in [-0.4, -0.2) is 27.6 Å². The molecule has 0 aliphatic carbocycles. The van der Waals surface area contributed by atoms with Gasteiger partial charge in [-0.15, -0.1) is 0 Å². The first kappa shape index (κ1) is 13.8. The number of hydrogen-bond donors (Lipinski definition) is 1. The van der Waals surface area contributed by atoms with Crippen LogP contribution in [0.5, 0.6) is 0 Å². The van der Waals surface area contributed by atoms with Gasteiger partial charge in [-0.25, -0.2) is 4.79 Å². The number of fused-ring (bicyclic) bond motifs is 1. The average Bonchev–Trinajstić information content (AvgIpc) is 3.06. The Kier molecular flexibility index (Phi) is 3.27. The van der Waals surface area contributed by atoms with Gasteiger partial charge in [-0.05, 0) is 39.0 Å². The molecule has 2 aromatic rings. The van der Waals surface area contributed by atoms with Gasteiger partial charge in [0.2, 0.25) is 0 Å². The van der Waals surface area contributed by atoms with Gasteiger partial charge in [-0.2, -0.15) is 0 Å². The molecule has 21 heavy (non-hydrogen) atoms. The normalized spacial score (nSPS) is 18.4. The van der Waals surface area contributed by atoms with E-state index in [1.54, 1.807) is 12.5 Å². The van der Waals surface area contributed by atoms with Crippen LogP contribution in [0.15, 0.2) is 41.3 Å². The Morgan fingerprint density at radius 1 is 1.33 bits per heavy atom. The zero-order chi connectivity index (χ0) is 15.0. The van der Waals surface area contributed by atoms with Gasteiger partial charge in [-0.3, -0.25) is 0 Å². The summed E-state index contributed by atoms with van der Waals surface area (Å²) >= 11 is 0. The van der Waals surface area contributed by atoms with Crippen molar-refractivity contribution in [2.45, 2.75) is 38.9 Å².